The maximum atomic E-state index is 11.1. The van der Waals surface area contributed by atoms with Gasteiger partial charge >= 0.3 is 0 Å². The molecule has 2 aliphatic heterocycles. The highest BCUT2D eigenvalue weighted by Crippen LogP contribution is 2.31. The van der Waals surface area contributed by atoms with Gasteiger partial charge in [0.05, 0.1) is 25.4 Å². The van der Waals surface area contributed by atoms with Gasteiger partial charge in [-0.3, -0.25) is 4.79 Å². The number of amides is 1. The molecule has 1 unspecified atom stereocenters. The van der Waals surface area contributed by atoms with E-state index in [1.165, 1.54) is 6.92 Å². The largest absolute Gasteiger partial charge is 0.371 e. The molecule has 0 spiro atoms. The summed E-state index contributed by atoms with van der Waals surface area (Å²) >= 11 is 0. The van der Waals surface area contributed by atoms with Crippen molar-refractivity contribution < 1.29 is 19.0 Å². The fraction of sp³-hybridized carbons (Fsp3) is 0.533. The van der Waals surface area contributed by atoms with Crippen LogP contribution in [0.5, 0.6) is 0 Å². The van der Waals surface area contributed by atoms with Crippen LogP contribution in [0.1, 0.15) is 25.2 Å². The number of nitrogens with one attached hydrogen (secondary N) is 1. The fourth-order valence-electron chi connectivity index (χ4n) is 2.70. The van der Waals surface area contributed by atoms with Gasteiger partial charge in [-0.2, -0.15) is 0 Å². The normalized spacial score (nSPS) is 33.2. The monoisotopic (exact) mass is 277 g/mol. The molecule has 108 valence electrons. The number of fused-ring (bicyclic) bond motifs is 1. The molecule has 4 atom stereocenters. The number of carbonyl (C=O) groups is 1. The second kappa shape index (κ2) is 5.91. The molecule has 5 heteroatoms. The number of benzene rings is 1. The summed E-state index contributed by atoms with van der Waals surface area (Å²) in [5, 5.41) is 2.88. The lowest BCUT2D eigenvalue weighted by Crippen LogP contribution is -2.53. The van der Waals surface area contributed by atoms with Crippen molar-refractivity contribution in [3.05, 3.63) is 35.9 Å². The van der Waals surface area contributed by atoms with Crippen LogP contribution in [0.3, 0.4) is 0 Å². The van der Waals surface area contributed by atoms with Crippen LogP contribution in [0.2, 0.25) is 0 Å². The second-order valence-electron chi connectivity index (χ2n) is 5.26. The first kappa shape index (κ1) is 13.5. The van der Waals surface area contributed by atoms with Crippen molar-refractivity contribution in [3.63, 3.8) is 0 Å². The Morgan fingerprint density at radius 2 is 1.95 bits per heavy atom. The van der Waals surface area contributed by atoms with E-state index in [0.717, 1.165) is 12.0 Å². The SMILES string of the molecule is CC(=O)N[C@H]1CO[C@@H]2COC(c3ccccc3)O[C@H]2C1. The molecule has 1 amide bonds. The summed E-state index contributed by atoms with van der Waals surface area (Å²) in [6.45, 7) is 2.56. The van der Waals surface area contributed by atoms with Gasteiger partial charge in [0.15, 0.2) is 6.29 Å². The van der Waals surface area contributed by atoms with Gasteiger partial charge in [-0.1, -0.05) is 30.3 Å². The van der Waals surface area contributed by atoms with E-state index in [2.05, 4.69) is 5.32 Å². The van der Waals surface area contributed by atoms with Gasteiger partial charge in [0, 0.05) is 12.5 Å². The molecular weight excluding hydrogens is 258 g/mol. The third-order valence-corrected chi connectivity index (χ3v) is 3.63. The standard InChI is InChI=1S/C15H19NO4/c1-10(17)16-12-7-13-14(18-8-12)9-19-15(20-13)11-5-3-2-4-6-11/h2-6,12-15H,7-9H2,1H3,(H,16,17)/t12-,13+,14-,15?/m1/s1. The van der Waals surface area contributed by atoms with Crippen LogP contribution in [0.4, 0.5) is 0 Å². The van der Waals surface area contributed by atoms with E-state index >= 15 is 0 Å². The number of hydrogen-bond donors (Lipinski definition) is 1. The first-order valence-electron chi connectivity index (χ1n) is 6.93. The molecule has 3 rings (SSSR count). The summed E-state index contributed by atoms with van der Waals surface area (Å²) in [5.41, 5.74) is 1.01. The Labute approximate surface area is 118 Å². The van der Waals surface area contributed by atoms with Crippen LogP contribution >= 0.6 is 0 Å². The smallest absolute Gasteiger partial charge is 0.217 e. The van der Waals surface area contributed by atoms with Gasteiger partial charge in [-0.05, 0) is 6.42 Å². The molecule has 1 aromatic rings. The topological polar surface area (TPSA) is 56.8 Å². The minimum atomic E-state index is -0.350. The molecule has 2 aliphatic rings. The Balaban J connectivity index is 1.64. The van der Waals surface area contributed by atoms with Crippen molar-refractivity contribution in [1.29, 1.82) is 0 Å². The Hall–Kier alpha value is -1.43. The van der Waals surface area contributed by atoms with Gasteiger partial charge in [0.2, 0.25) is 5.91 Å². The average molecular weight is 277 g/mol. The maximum Gasteiger partial charge on any atom is 0.217 e. The van der Waals surface area contributed by atoms with Crippen LogP contribution < -0.4 is 5.32 Å². The Morgan fingerprint density at radius 3 is 2.70 bits per heavy atom. The zero-order valence-corrected chi connectivity index (χ0v) is 11.5. The van der Waals surface area contributed by atoms with E-state index in [-0.39, 0.29) is 30.4 Å². The van der Waals surface area contributed by atoms with Gasteiger partial charge in [-0.15, -0.1) is 0 Å². The van der Waals surface area contributed by atoms with Crippen molar-refractivity contribution in [1.82, 2.24) is 5.32 Å². The summed E-state index contributed by atoms with van der Waals surface area (Å²) in [7, 11) is 0. The summed E-state index contributed by atoms with van der Waals surface area (Å²) in [5.74, 6) is -0.0382. The minimum Gasteiger partial charge on any atom is -0.371 e. The molecular formula is C15H19NO4. The number of rotatable bonds is 2. The summed E-state index contributed by atoms with van der Waals surface area (Å²) in [6, 6.07) is 9.88. The number of carbonyl (C=O) groups excluding carboxylic acids is 1. The number of hydrogen-bond acceptors (Lipinski definition) is 4. The summed E-state index contributed by atoms with van der Waals surface area (Å²) in [4.78, 5) is 11.1. The predicted molar refractivity (Wildman–Crippen MR) is 72.0 cm³/mol. The third kappa shape index (κ3) is 3.00. The zero-order valence-electron chi connectivity index (χ0n) is 11.5. The van der Waals surface area contributed by atoms with Crippen LogP contribution in [0, 0.1) is 0 Å². The van der Waals surface area contributed by atoms with Crippen molar-refractivity contribution in [3.8, 4) is 0 Å². The first-order chi connectivity index (χ1) is 9.72. The van der Waals surface area contributed by atoms with Gasteiger partial charge in [-0.25, -0.2) is 0 Å². The predicted octanol–water partition coefficient (Wildman–Crippen LogP) is 1.39. The molecule has 1 N–H and O–H groups in total. The molecule has 0 bridgehead atoms. The van der Waals surface area contributed by atoms with Gasteiger partial charge < -0.3 is 19.5 Å². The highest BCUT2D eigenvalue weighted by Gasteiger charge is 2.38. The zero-order chi connectivity index (χ0) is 13.9. The molecule has 2 fully saturated rings. The molecule has 2 saturated heterocycles. The molecule has 0 saturated carbocycles. The van der Waals surface area contributed by atoms with Crippen molar-refractivity contribution >= 4 is 5.91 Å². The first-order valence-corrected chi connectivity index (χ1v) is 6.93. The summed E-state index contributed by atoms with van der Waals surface area (Å²) < 4.78 is 17.4. The van der Waals surface area contributed by atoms with Crippen LogP contribution in [-0.4, -0.2) is 37.4 Å². The fourth-order valence-corrected chi connectivity index (χ4v) is 2.70. The molecule has 0 aliphatic carbocycles. The van der Waals surface area contributed by atoms with Crippen molar-refractivity contribution in [2.45, 2.75) is 37.9 Å². The molecule has 20 heavy (non-hydrogen) atoms. The van der Waals surface area contributed by atoms with E-state index in [1.807, 2.05) is 30.3 Å². The average Bonchev–Trinajstić information content (AvgIpc) is 2.47. The van der Waals surface area contributed by atoms with Crippen molar-refractivity contribution in [2.24, 2.45) is 0 Å². The second-order valence-corrected chi connectivity index (χ2v) is 5.26. The lowest BCUT2D eigenvalue weighted by atomic mass is 10.0. The highest BCUT2D eigenvalue weighted by atomic mass is 16.7. The molecule has 1 aromatic carbocycles. The quantitative estimate of drug-likeness (QED) is 0.887. The Bertz CT molecular complexity index is 464. The molecule has 0 aromatic heterocycles. The lowest BCUT2D eigenvalue weighted by molar-refractivity contribution is -0.280. The highest BCUT2D eigenvalue weighted by molar-refractivity contribution is 5.73. The van der Waals surface area contributed by atoms with E-state index in [1.54, 1.807) is 0 Å². The lowest BCUT2D eigenvalue weighted by Gasteiger charge is -2.41. The third-order valence-electron chi connectivity index (χ3n) is 3.63. The molecule has 2 heterocycles. The van der Waals surface area contributed by atoms with Crippen LogP contribution in [-0.2, 0) is 19.0 Å². The van der Waals surface area contributed by atoms with E-state index in [4.69, 9.17) is 14.2 Å². The maximum absolute atomic E-state index is 11.1. The molecule has 5 nitrogen and oxygen atoms in total. The van der Waals surface area contributed by atoms with Crippen molar-refractivity contribution in [2.75, 3.05) is 13.2 Å². The van der Waals surface area contributed by atoms with E-state index in [0.29, 0.717) is 13.2 Å². The Kier molecular flexibility index (Phi) is 4.00. The van der Waals surface area contributed by atoms with Gasteiger partial charge in [0.25, 0.3) is 0 Å². The molecule has 0 radical (unpaired) electrons. The van der Waals surface area contributed by atoms with E-state index < -0.39 is 0 Å². The van der Waals surface area contributed by atoms with Crippen LogP contribution in [0.25, 0.3) is 0 Å². The number of ether oxygens (including phenoxy) is 3. The Morgan fingerprint density at radius 1 is 1.15 bits per heavy atom. The van der Waals surface area contributed by atoms with Crippen LogP contribution in [0.15, 0.2) is 30.3 Å². The van der Waals surface area contributed by atoms with E-state index in [9.17, 15) is 4.79 Å². The van der Waals surface area contributed by atoms with Gasteiger partial charge in [0.1, 0.15) is 6.10 Å². The minimum absolute atomic E-state index is 0.0169. The summed E-state index contributed by atoms with van der Waals surface area (Å²) in [6.07, 6.45) is 0.327.